The number of rotatable bonds is 8. The number of ether oxygens (including phenoxy) is 1. The highest BCUT2D eigenvalue weighted by atomic mass is 16.5. The Morgan fingerprint density at radius 1 is 1.29 bits per heavy atom. The summed E-state index contributed by atoms with van der Waals surface area (Å²) >= 11 is 0. The van der Waals surface area contributed by atoms with Gasteiger partial charge < -0.3 is 20.5 Å². The smallest absolute Gasteiger partial charge is 0.191 e. The molecule has 0 aliphatic heterocycles. The molecule has 1 saturated carbocycles. The molecule has 3 N–H and O–H groups in total. The van der Waals surface area contributed by atoms with Gasteiger partial charge in [-0.3, -0.25) is 0 Å². The van der Waals surface area contributed by atoms with Crippen molar-refractivity contribution in [1.29, 1.82) is 0 Å². The first-order valence-electron chi connectivity index (χ1n) is 9.03. The minimum Gasteiger partial charge on any atom is -0.493 e. The van der Waals surface area contributed by atoms with E-state index in [1.54, 1.807) is 0 Å². The van der Waals surface area contributed by atoms with E-state index >= 15 is 0 Å². The lowest BCUT2D eigenvalue weighted by atomic mass is 9.80. The van der Waals surface area contributed by atoms with Crippen LogP contribution in [-0.2, 0) is 6.54 Å². The van der Waals surface area contributed by atoms with Crippen LogP contribution in [0.5, 0.6) is 5.75 Å². The molecule has 1 aromatic carbocycles. The fourth-order valence-electron chi connectivity index (χ4n) is 2.65. The van der Waals surface area contributed by atoms with E-state index in [0.29, 0.717) is 19.7 Å². The number of nitrogens with zero attached hydrogens (tertiary/aromatic N) is 1. The number of aryl methyl sites for hydroxylation is 1. The molecule has 1 aliphatic rings. The topological polar surface area (TPSA) is 65.9 Å². The Bertz CT molecular complexity index is 554. The quantitative estimate of drug-likeness (QED) is 0.505. The molecular formula is C19H31N3O2. The Morgan fingerprint density at radius 2 is 2.08 bits per heavy atom. The second kappa shape index (κ2) is 8.92. The normalized spacial score (nSPS) is 16.4. The van der Waals surface area contributed by atoms with Crippen LogP contribution in [0.2, 0.25) is 0 Å². The van der Waals surface area contributed by atoms with E-state index in [4.69, 9.17) is 4.74 Å². The molecule has 0 bridgehead atoms. The molecule has 2 rings (SSSR count). The molecule has 0 unspecified atom stereocenters. The van der Waals surface area contributed by atoms with E-state index in [9.17, 15) is 5.11 Å². The Labute approximate surface area is 145 Å². The maximum atomic E-state index is 10.2. The van der Waals surface area contributed by atoms with Crippen LogP contribution < -0.4 is 15.4 Å². The average Bonchev–Trinajstić information content (AvgIpc) is 2.54. The average molecular weight is 333 g/mol. The number of benzene rings is 1. The highest BCUT2D eigenvalue weighted by Crippen LogP contribution is 2.30. The van der Waals surface area contributed by atoms with Crippen molar-refractivity contribution in [2.75, 3.05) is 19.7 Å². The van der Waals surface area contributed by atoms with Crippen LogP contribution in [0.3, 0.4) is 0 Å². The van der Waals surface area contributed by atoms with E-state index < -0.39 is 5.60 Å². The molecule has 0 aromatic heterocycles. The van der Waals surface area contributed by atoms with Crippen molar-refractivity contribution in [1.82, 2.24) is 10.6 Å². The van der Waals surface area contributed by atoms with E-state index in [-0.39, 0.29) is 0 Å². The van der Waals surface area contributed by atoms with Crippen molar-refractivity contribution in [3.8, 4) is 5.75 Å². The second-order valence-corrected chi connectivity index (χ2v) is 6.59. The number of nitrogens with one attached hydrogen (secondary N) is 2. The standard InChI is InChI=1S/C19H31N3O2/c1-4-11-24-17-12-15(3)7-8-16(17)13-21-18(20-5-2)22-14-19(23)9-6-10-19/h7-8,12,23H,4-6,9-11,13-14H2,1-3H3,(H2,20,21,22). The van der Waals surface area contributed by atoms with Crippen LogP contribution in [0.25, 0.3) is 0 Å². The number of hydrogen-bond acceptors (Lipinski definition) is 3. The molecule has 0 heterocycles. The number of guanidine groups is 1. The molecule has 0 spiro atoms. The molecule has 0 atom stereocenters. The molecule has 0 radical (unpaired) electrons. The minimum absolute atomic E-state index is 0.548. The molecule has 1 aliphatic carbocycles. The fourth-order valence-corrected chi connectivity index (χ4v) is 2.65. The van der Waals surface area contributed by atoms with Gasteiger partial charge in [0.2, 0.25) is 0 Å². The van der Waals surface area contributed by atoms with E-state index in [2.05, 4.69) is 47.7 Å². The largest absolute Gasteiger partial charge is 0.493 e. The van der Waals surface area contributed by atoms with Gasteiger partial charge in [-0.15, -0.1) is 0 Å². The summed E-state index contributed by atoms with van der Waals surface area (Å²) in [5.41, 5.74) is 1.70. The summed E-state index contributed by atoms with van der Waals surface area (Å²) in [5.74, 6) is 1.65. The second-order valence-electron chi connectivity index (χ2n) is 6.59. The maximum Gasteiger partial charge on any atom is 0.191 e. The lowest BCUT2D eigenvalue weighted by molar-refractivity contribution is -0.0279. The Balaban J connectivity index is 2.01. The Kier molecular flexibility index (Phi) is 6.91. The van der Waals surface area contributed by atoms with Crippen molar-refractivity contribution in [3.63, 3.8) is 0 Å². The zero-order valence-corrected chi connectivity index (χ0v) is 15.2. The van der Waals surface area contributed by atoms with E-state index in [1.807, 2.05) is 6.92 Å². The van der Waals surface area contributed by atoms with Gasteiger partial charge in [-0.1, -0.05) is 19.1 Å². The van der Waals surface area contributed by atoms with E-state index in [1.165, 1.54) is 5.56 Å². The first kappa shape index (κ1) is 18.6. The van der Waals surface area contributed by atoms with Gasteiger partial charge in [0.05, 0.1) is 18.8 Å². The summed E-state index contributed by atoms with van der Waals surface area (Å²) in [5, 5.41) is 16.7. The summed E-state index contributed by atoms with van der Waals surface area (Å²) in [6.45, 7) is 8.81. The van der Waals surface area contributed by atoms with Gasteiger partial charge in [0, 0.05) is 18.7 Å². The number of hydrogen-bond donors (Lipinski definition) is 3. The molecule has 0 amide bonds. The van der Waals surface area contributed by atoms with Crippen molar-refractivity contribution in [2.45, 2.75) is 58.6 Å². The third kappa shape index (κ3) is 5.41. The van der Waals surface area contributed by atoms with Crippen LogP contribution >= 0.6 is 0 Å². The highest BCUT2D eigenvalue weighted by molar-refractivity contribution is 5.79. The SMILES string of the molecule is CCCOc1cc(C)ccc1CN=C(NCC)NCC1(O)CCC1. The van der Waals surface area contributed by atoms with Gasteiger partial charge in [0.1, 0.15) is 5.75 Å². The first-order chi connectivity index (χ1) is 11.6. The predicted molar refractivity (Wildman–Crippen MR) is 98.6 cm³/mol. The van der Waals surface area contributed by atoms with Crippen LogP contribution in [0, 0.1) is 6.92 Å². The fraction of sp³-hybridized carbons (Fsp3) is 0.632. The van der Waals surface area contributed by atoms with E-state index in [0.717, 1.165) is 49.5 Å². The van der Waals surface area contributed by atoms with Crippen LogP contribution in [0.15, 0.2) is 23.2 Å². The molecular weight excluding hydrogens is 302 g/mol. The van der Waals surface area contributed by atoms with Crippen molar-refractivity contribution in [2.24, 2.45) is 4.99 Å². The Morgan fingerprint density at radius 3 is 2.71 bits per heavy atom. The molecule has 1 aromatic rings. The van der Waals surface area contributed by atoms with Gasteiger partial charge >= 0.3 is 0 Å². The highest BCUT2D eigenvalue weighted by Gasteiger charge is 2.34. The third-order valence-electron chi connectivity index (χ3n) is 4.31. The third-order valence-corrected chi connectivity index (χ3v) is 4.31. The molecule has 24 heavy (non-hydrogen) atoms. The van der Waals surface area contributed by atoms with Gasteiger partial charge in [-0.25, -0.2) is 4.99 Å². The van der Waals surface area contributed by atoms with Crippen molar-refractivity contribution >= 4 is 5.96 Å². The molecule has 5 heteroatoms. The minimum atomic E-state index is -0.560. The lowest BCUT2D eigenvalue weighted by Gasteiger charge is -2.37. The summed E-state index contributed by atoms with van der Waals surface area (Å²) in [7, 11) is 0. The number of aliphatic imine (C=N–C) groups is 1. The molecule has 5 nitrogen and oxygen atoms in total. The van der Waals surface area contributed by atoms with Crippen LogP contribution in [0.1, 0.15) is 50.7 Å². The summed E-state index contributed by atoms with van der Waals surface area (Å²) in [4.78, 5) is 4.65. The van der Waals surface area contributed by atoms with Gasteiger partial charge in [-0.2, -0.15) is 0 Å². The lowest BCUT2D eigenvalue weighted by Crippen LogP contribution is -2.50. The summed E-state index contributed by atoms with van der Waals surface area (Å²) in [6.07, 6.45) is 3.82. The zero-order chi connectivity index (χ0) is 17.4. The summed E-state index contributed by atoms with van der Waals surface area (Å²) < 4.78 is 5.85. The zero-order valence-electron chi connectivity index (χ0n) is 15.2. The predicted octanol–water partition coefficient (Wildman–Crippen LogP) is 2.75. The molecule has 1 fully saturated rings. The monoisotopic (exact) mass is 333 g/mol. The van der Waals surface area contributed by atoms with Gasteiger partial charge in [0.15, 0.2) is 5.96 Å². The van der Waals surface area contributed by atoms with Crippen molar-refractivity contribution < 1.29 is 9.84 Å². The summed E-state index contributed by atoms with van der Waals surface area (Å²) in [6, 6.07) is 6.23. The number of aliphatic hydroxyl groups is 1. The van der Waals surface area contributed by atoms with Crippen LogP contribution in [-0.4, -0.2) is 36.4 Å². The maximum absolute atomic E-state index is 10.2. The van der Waals surface area contributed by atoms with Crippen molar-refractivity contribution in [3.05, 3.63) is 29.3 Å². The van der Waals surface area contributed by atoms with Gasteiger partial charge in [0.25, 0.3) is 0 Å². The Hall–Kier alpha value is -1.75. The molecule has 134 valence electrons. The van der Waals surface area contributed by atoms with Crippen LogP contribution in [0.4, 0.5) is 0 Å². The first-order valence-corrected chi connectivity index (χ1v) is 9.03. The molecule has 0 saturated heterocycles. The van der Waals surface area contributed by atoms with Gasteiger partial charge in [-0.05, 0) is 51.2 Å².